The molecule has 2 atom stereocenters. The van der Waals surface area contributed by atoms with Crippen LogP contribution in [-0.4, -0.2) is 29.8 Å². The second-order valence-electron chi connectivity index (χ2n) is 27.9. The minimum Gasteiger partial charge on any atom is -0.508 e. The molecule has 0 radical (unpaired) electrons. The maximum absolute atomic E-state index is 11.8. The Morgan fingerprint density at radius 3 is 0.770 bits per heavy atom. The van der Waals surface area contributed by atoms with Crippen molar-refractivity contribution in [3.05, 3.63) is 57.6 Å². The van der Waals surface area contributed by atoms with Gasteiger partial charge < -0.3 is 29.8 Å². The fraction of sp³-hybridized carbons (Fsp3) is 0.846. The van der Waals surface area contributed by atoms with Crippen molar-refractivity contribution in [3.63, 3.8) is 0 Å². The van der Waals surface area contributed by atoms with Crippen molar-refractivity contribution in [1.29, 1.82) is 0 Å². The summed E-state index contributed by atoms with van der Waals surface area (Å²) in [5.41, 5.74) is 7.81. The summed E-state index contributed by atoms with van der Waals surface area (Å²) < 4.78 is 3.60. The smallest absolute Gasteiger partial charge is 0.334 e. The molecule has 0 saturated carbocycles. The van der Waals surface area contributed by atoms with Crippen LogP contribution in [0.4, 0.5) is 0 Å². The van der Waals surface area contributed by atoms with Crippen LogP contribution in [0.1, 0.15) is 434 Å². The third kappa shape index (κ3) is 39.1. The summed E-state index contributed by atoms with van der Waals surface area (Å²) in [7, 11) is -5.22. The number of benzene rings is 2. The Morgan fingerprint density at radius 1 is 0.322 bits per heavy atom. The largest absolute Gasteiger partial charge is 0.508 e. The molecule has 9 heteroatoms. The molecule has 2 aromatic carbocycles. The van der Waals surface area contributed by atoms with Gasteiger partial charge in [0.05, 0.1) is 0 Å². The number of phenolic OH excluding ortho intramolecular Hbond substituents is 2. The quantitative estimate of drug-likeness (QED) is 0.0287. The zero-order valence-electron chi connectivity index (χ0n) is 59.2. The summed E-state index contributed by atoms with van der Waals surface area (Å²) >= 11 is 0. The number of rotatable bonds is 59. The van der Waals surface area contributed by atoms with E-state index in [1.54, 1.807) is 0 Å². The highest BCUT2D eigenvalue weighted by atomic mass is 31.2. The molecule has 2 unspecified atom stereocenters. The molecule has 510 valence electrons. The number of aryl methyl sites for hydroxylation is 2. The van der Waals surface area contributed by atoms with Crippen LogP contribution < -0.4 is 0 Å². The summed E-state index contributed by atoms with van der Waals surface area (Å²) in [5, 5.41) is 23.6. The maximum atomic E-state index is 11.8. The lowest BCUT2D eigenvalue weighted by Gasteiger charge is -2.43. The lowest BCUT2D eigenvalue weighted by Crippen LogP contribution is -2.34. The summed E-state index contributed by atoms with van der Waals surface area (Å²) in [6.07, 6.45) is 71.0. The molecule has 6 N–H and O–H groups in total. The summed E-state index contributed by atoms with van der Waals surface area (Å²) in [6.45, 7) is 23.2. The van der Waals surface area contributed by atoms with Crippen LogP contribution in [0, 0.1) is 19.3 Å². The van der Waals surface area contributed by atoms with Crippen molar-refractivity contribution in [2.24, 2.45) is 5.41 Å². The van der Waals surface area contributed by atoms with Gasteiger partial charge in [-0.2, -0.15) is 0 Å². The van der Waals surface area contributed by atoms with E-state index in [0.717, 1.165) is 36.8 Å². The van der Waals surface area contributed by atoms with Crippen LogP contribution in [-0.2, 0) is 9.73 Å². The fourth-order valence-electron chi connectivity index (χ4n) is 14.4. The monoisotopic (exact) mass is 1260 g/mol. The third-order valence-corrected chi connectivity index (χ3v) is 21.6. The molecule has 0 amide bonds. The van der Waals surface area contributed by atoms with E-state index in [0.29, 0.717) is 16.9 Å². The molecule has 2 aromatic rings. The minimum atomic E-state index is -2.61. The molecule has 0 saturated heterocycles. The zero-order chi connectivity index (χ0) is 64.2. The van der Waals surface area contributed by atoms with E-state index >= 15 is 0 Å². The molecule has 87 heavy (non-hydrogen) atoms. The number of aromatic hydroxyl groups is 2. The first-order valence-electron chi connectivity index (χ1n) is 37.8. The molecule has 7 nitrogen and oxygen atoms in total. The van der Waals surface area contributed by atoms with E-state index in [-0.39, 0.29) is 17.3 Å². The van der Waals surface area contributed by atoms with Gasteiger partial charge in [-0.1, -0.05) is 350 Å². The van der Waals surface area contributed by atoms with E-state index in [4.69, 9.17) is 19.6 Å². The lowest BCUT2D eigenvalue weighted by molar-refractivity contribution is 0.158. The lowest BCUT2D eigenvalue weighted by atomic mass is 9.61. The first-order chi connectivity index (χ1) is 42.1. The third-order valence-electron chi connectivity index (χ3n) is 20.4. The van der Waals surface area contributed by atoms with Crippen molar-refractivity contribution >= 4 is 17.2 Å². The Hall–Kier alpha value is -1.30. The average Bonchev–Trinajstić information content (AvgIpc) is 0.798. The van der Waals surface area contributed by atoms with Gasteiger partial charge >= 0.3 is 17.2 Å². The average molecular weight is 1260 g/mol. The van der Waals surface area contributed by atoms with Crippen molar-refractivity contribution < 1.29 is 34.1 Å². The molecule has 0 bridgehead atoms. The first kappa shape index (κ1) is 83.7. The predicted octanol–water partition coefficient (Wildman–Crippen LogP) is 27.0. The molecule has 0 aliphatic heterocycles. The van der Waals surface area contributed by atoms with Crippen molar-refractivity contribution in [3.8, 4) is 11.5 Å². The summed E-state index contributed by atoms with van der Waals surface area (Å²) in [4.78, 5) is 31.3. The highest BCUT2D eigenvalue weighted by Gasteiger charge is 2.41. The Labute approximate surface area is 543 Å². The fourth-order valence-corrected chi connectivity index (χ4v) is 14.9. The minimum absolute atomic E-state index is 0.212. The van der Waals surface area contributed by atoms with E-state index in [2.05, 4.69) is 97.8 Å². The number of hydrogen-bond donors (Lipinski definition) is 6. The molecular weight excluding hydrogens is 1110 g/mol. The summed E-state index contributed by atoms with van der Waals surface area (Å²) in [6, 6.07) is 9.36. The Kier molecular flexibility index (Phi) is 53.1. The first-order valence-corrected chi connectivity index (χ1v) is 40.2. The predicted molar refractivity (Wildman–Crippen MR) is 384 cm³/mol. The molecule has 0 aromatic heterocycles. The number of hydrogen-bond acceptors (Lipinski definition) is 7. The zero-order valence-corrected chi connectivity index (χ0v) is 61.0. The van der Waals surface area contributed by atoms with Crippen molar-refractivity contribution in [1.82, 2.24) is 0 Å². The van der Waals surface area contributed by atoms with Crippen LogP contribution in [0.3, 0.4) is 0 Å². The van der Waals surface area contributed by atoms with E-state index in [1.165, 1.54) is 330 Å². The van der Waals surface area contributed by atoms with Gasteiger partial charge in [0.2, 0.25) is 0 Å². The van der Waals surface area contributed by atoms with Gasteiger partial charge in [-0.05, 0) is 128 Å². The van der Waals surface area contributed by atoms with Crippen LogP contribution >= 0.6 is 17.2 Å². The molecule has 0 aliphatic carbocycles. The van der Waals surface area contributed by atoms with Crippen molar-refractivity contribution in [2.45, 2.75) is 420 Å². The van der Waals surface area contributed by atoms with Gasteiger partial charge in [0.25, 0.3) is 0 Å². The van der Waals surface area contributed by atoms with Gasteiger partial charge in [-0.25, -0.2) is 4.31 Å². The van der Waals surface area contributed by atoms with Crippen molar-refractivity contribution in [2.75, 3.05) is 0 Å². The van der Waals surface area contributed by atoms with Gasteiger partial charge in [-0.3, -0.25) is 0 Å². The number of phenols is 2. The normalized spacial score (nSPS) is 13.4. The number of unbranched alkanes of at least 4 members (excludes halogenated alkanes) is 40. The maximum Gasteiger partial charge on any atom is 0.334 e. The Morgan fingerprint density at radius 2 is 0.552 bits per heavy atom. The molecule has 0 fully saturated rings. The SMILES string of the molecule is CCCCCCCCCCCCCC(CCCCCCCCCCCCC)(CCCCCCCCCCCCC)CCC(CCCCCCCCCCCCC)(c1cc(C(C)CC)c(O)cc1C)c1cc(C(C)CC)c(O)cc1C.OP(O)OP(O)O. The van der Waals surface area contributed by atoms with E-state index < -0.39 is 17.2 Å². The highest BCUT2D eigenvalue weighted by molar-refractivity contribution is 7.53. The standard InChI is InChI=1S/C78H142O2.H4O5P2/c1-11-17-21-25-29-33-37-41-45-49-53-57-77(58-54-50-46-42-38-34-30-26-22-18-12-2,59-55-51-47-43-39-35-31-27-23-19-13-3)61-62-78(60-56-52-48-44-40-36-32-28-24-20-14-4,73-65-71(67(7)15-5)75(79)63-69(73)9)74-66-72(68(8)16-6)76(80)64-70(74)10;1-6(2)5-7(3)4/h63-68,79-80H,11-62H2,1-10H3;1-4H. The van der Waals surface area contributed by atoms with Crippen LogP contribution in [0.2, 0.25) is 0 Å². The Bertz CT molecular complexity index is 1730. The van der Waals surface area contributed by atoms with Crippen LogP contribution in [0.5, 0.6) is 11.5 Å². The van der Waals surface area contributed by atoms with Gasteiger partial charge in [-0.15, -0.1) is 0 Å². The molecule has 0 aliphatic rings. The second kappa shape index (κ2) is 55.2. The van der Waals surface area contributed by atoms with Gasteiger partial charge in [0.15, 0.2) is 0 Å². The van der Waals surface area contributed by atoms with E-state index in [9.17, 15) is 10.2 Å². The summed E-state index contributed by atoms with van der Waals surface area (Å²) in [5.74, 6) is 1.53. The van der Waals surface area contributed by atoms with Gasteiger partial charge in [0, 0.05) is 5.41 Å². The highest BCUT2D eigenvalue weighted by Crippen LogP contribution is 2.52. The topological polar surface area (TPSA) is 131 Å². The van der Waals surface area contributed by atoms with Crippen LogP contribution in [0.25, 0.3) is 0 Å². The molecular formula is C78H146O7P2. The van der Waals surface area contributed by atoms with Crippen LogP contribution in [0.15, 0.2) is 24.3 Å². The van der Waals surface area contributed by atoms with Gasteiger partial charge in [0.1, 0.15) is 11.5 Å². The molecule has 0 heterocycles. The second-order valence-corrected chi connectivity index (χ2v) is 29.5. The Balaban J connectivity index is 0.00000507. The molecule has 0 spiro atoms. The molecule has 2 rings (SSSR count). The van der Waals surface area contributed by atoms with E-state index in [1.807, 2.05) is 0 Å².